The van der Waals surface area contributed by atoms with E-state index in [1.165, 1.54) is 58.0 Å². The fourth-order valence-corrected chi connectivity index (χ4v) is 2.38. The maximum absolute atomic E-state index is 2.70. The first kappa shape index (κ1) is 11.0. The monoisotopic (exact) mass is 183 g/mol. The largest absolute Gasteiger partial charge is 0.300 e. The van der Waals surface area contributed by atoms with Crippen LogP contribution >= 0.6 is 0 Å². The van der Waals surface area contributed by atoms with Crippen molar-refractivity contribution in [1.29, 1.82) is 0 Å². The van der Waals surface area contributed by atoms with Crippen molar-refractivity contribution in [3.63, 3.8) is 0 Å². The molecule has 0 aromatic carbocycles. The van der Waals surface area contributed by atoms with Crippen LogP contribution in [0.2, 0.25) is 0 Å². The first-order valence-corrected chi connectivity index (χ1v) is 6.12. The van der Waals surface area contributed by atoms with Gasteiger partial charge in [-0.25, -0.2) is 0 Å². The van der Waals surface area contributed by atoms with Crippen molar-refractivity contribution in [3.05, 3.63) is 0 Å². The van der Waals surface area contributed by atoms with Crippen molar-refractivity contribution < 1.29 is 0 Å². The molecule has 0 N–H and O–H groups in total. The molecule has 0 aliphatic carbocycles. The summed E-state index contributed by atoms with van der Waals surface area (Å²) in [6.45, 7) is 7.36. The fraction of sp³-hybridized carbons (Fsp3) is 1.00. The Labute approximate surface area is 83.5 Å². The summed E-state index contributed by atoms with van der Waals surface area (Å²) in [7, 11) is 0. The maximum atomic E-state index is 2.70. The van der Waals surface area contributed by atoms with Gasteiger partial charge in [0.1, 0.15) is 0 Å². The van der Waals surface area contributed by atoms with Crippen molar-refractivity contribution >= 4 is 0 Å². The number of nitrogens with zero attached hydrogens (tertiary/aromatic N) is 1. The quantitative estimate of drug-likeness (QED) is 0.570. The molecule has 1 aliphatic rings. The Morgan fingerprint density at radius 2 is 1.77 bits per heavy atom. The van der Waals surface area contributed by atoms with E-state index >= 15 is 0 Å². The third-order valence-electron chi connectivity index (χ3n) is 3.27. The van der Waals surface area contributed by atoms with E-state index in [9.17, 15) is 0 Å². The molecule has 0 saturated carbocycles. The van der Waals surface area contributed by atoms with Gasteiger partial charge in [-0.1, -0.05) is 33.1 Å². The number of likely N-dealkylation sites (tertiary alicyclic amines) is 1. The lowest BCUT2D eigenvalue weighted by Crippen LogP contribution is -2.31. The zero-order chi connectivity index (χ0) is 9.52. The van der Waals surface area contributed by atoms with E-state index in [4.69, 9.17) is 0 Å². The lowest BCUT2D eigenvalue weighted by molar-refractivity contribution is 0.220. The van der Waals surface area contributed by atoms with Crippen LogP contribution in [-0.4, -0.2) is 24.0 Å². The molecular weight excluding hydrogens is 158 g/mol. The van der Waals surface area contributed by atoms with E-state index in [-0.39, 0.29) is 0 Å². The minimum absolute atomic E-state index is 0.897. The summed E-state index contributed by atoms with van der Waals surface area (Å²) in [6.07, 6.45) is 9.87. The predicted molar refractivity (Wildman–Crippen MR) is 59.0 cm³/mol. The lowest BCUT2D eigenvalue weighted by Gasteiger charge is -2.26. The molecule has 0 aromatic heterocycles. The van der Waals surface area contributed by atoms with Crippen LogP contribution < -0.4 is 0 Å². The van der Waals surface area contributed by atoms with Crippen molar-refractivity contribution in [1.82, 2.24) is 4.90 Å². The highest BCUT2D eigenvalue weighted by Gasteiger charge is 2.19. The van der Waals surface area contributed by atoms with Crippen LogP contribution in [0.5, 0.6) is 0 Å². The molecule has 1 heterocycles. The summed E-state index contributed by atoms with van der Waals surface area (Å²) in [5.74, 6) is 0. The van der Waals surface area contributed by atoms with Gasteiger partial charge in [0.25, 0.3) is 0 Å². The number of hydrogen-bond donors (Lipinski definition) is 0. The van der Waals surface area contributed by atoms with Crippen molar-refractivity contribution in [3.8, 4) is 0 Å². The minimum Gasteiger partial charge on any atom is -0.300 e. The van der Waals surface area contributed by atoms with Gasteiger partial charge in [0.2, 0.25) is 0 Å². The molecule has 13 heavy (non-hydrogen) atoms. The van der Waals surface area contributed by atoms with E-state index in [1.54, 1.807) is 0 Å². The molecule has 1 nitrogen and oxygen atoms in total. The number of rotatable bonds is 6. The zero-order valence-corrected chi connectivity index (χ0v) is 9.39. The van der Waals surface area contributed by atoms with Crippen LogP contribution in [0.3, 0.4) is 0 Å². The average Bonchev–Trinajstić information content (AvgIpc) is 2.65. The summed E-state index contributed by atoms with van der Waals surface area (Å²) < 4.78 is 0. The number of hydrogen-bond acceptors (Lipinski definition) is 1. The highest BCUT2D eigenvalue weighted by molar-refractivity contribution is 4.75. The predicted octanol–water partition coefficient (Wildman–Crippen LogP) is 3.44. The topological polar surface area (TPSA) is 3.24 Å². The zero-order valence-electron chi connectivity index (χ0n) is 9.39. The van der Waals surface area contributed by atoms with Crippen LogP contribution in [-0.2, 0) is 0 Å². The van der Waals surface area contributed by atoms with Gasteiger partial charge in [-0.3, -0.25) is 0 Å². The van der Waals surface area contributed by atoms with E-state index < -0.39 is 0 Å². The second kappa shape index (κ2) is 6.42. The smallest absolute Gasteiger partial charge is 0.00926 e. The van der Waals surface area contributed by atoms with Crippen LogP contribution in [0, 0.1) is 0 Å². The van der Waals surface area contributed by atoms with Gasteiger partial charge < -0.3 is 4.90 Å². The normalized spacial score (nSPS) is 20.8. The van der Waals surface area contributed by atoms with Gasteiger partial charge in [0, 0.05) is 6.04 Å². The third-order valence-corrected chi connectivity index (χ3v) is 3.27. The first-order chi connectivity index (χ1) is 6.38. The van der Waals surface area contributed by atoms with E-state index in [0.717, 1.165) is 6.04 Å². The van der Waals surface area contributed by atoms with Crippen molar-refractivity contribution in [2.24, 2.45) is 0 Å². The summed E-state index contributed by atoms with van der Waals surface area (Å²) >= 11 is 0. The van der Waals surface area contributed by atoms with Gasteiger partial charge in [0.05, 0.1) is 0 Å². The molecule has 1 saturated heterocycles. The Morgan fingerprint density at radius 1 is 1.08 bits per heavy atom. The molecule has 0 aromatic rings. The second-order valence-electron chi connectivity index (χ2n) is 4.30. The Bertz CT molecular complexity index is 116. The third kappa shape index (κ3) is 3.68. The molecule has 1 unspecified atom stereocenters. The molecule has 1 atom stereocenters. The van der Waals surface area contributed by atoms with Crippen LogP contribution in [0.1, 0.15) is 58.8 Å². The van der Waals surface area contributed by atoms with Gasteiger partial charge in [-0.15, -0.1) is 0 Å². The molecule has 0 amide bonds. The highest BCUT2D eigenvalue weighted by Crippen LogP contribution is 2.18. The first-order valence-electron chi connectivity index (χ1n) is 6.12. The van der Waals surface area contributed by atoms with Crippen molar-refractivity contribution in [2.75, 3.05) is 13.1 Å². The summed E-state index contributed by atoms with van der Waals surface area (Å²) in [5.41, 5.74) is 0. The lowest BCUT2D eigenvalue weighted by atomic mass is 10.1. The molecule has 1 heteroatoms. The SMILES string of the molecule is CCCCCC(CC)N1CCCC1. The van der Waals surface area contributed by atoms with Crippen LogP contribution in [0.4, 0.5) is 0 Å². The molecule has 1 fully saturated rings. The molecule has 1 aliphatic heterocycles. The number of unbranched alkanes of at least 4 members (excludes halogenated alkanes) is 2. The van der Waals surface area contributed by atoms with Crippen LogP contribution in [0.15, 0.2) is 0 Å². The summed E-state index contributed by atoms with van der Waals surface area (Å²) in [4.78, 5) is 2.70. The second-order valence-corrected chi connectivity index (χ2v) is 4.30. The molecular formula is C12H25N. The Morgan fingerprint density at radius 3 is 2.31 bits per heavy atom. The fourth-order valence-electron chi connectivity index (χ4n) is 2.38. The van der Waals surface area contributed by atoms with Gasteiger partial charge in [-0.2, -0.15) is 0 Å². The average molecular weight is 183 g/mol. The van der Waals surface area contributed by atoms with Crippen molar-refractivity contribution in [2.45, 2.75) is 64.8 Å². The van der Waals surface area contributed by atoms with Crippen LogP contribution in [0.25, 0.3) is 0 Å². The summed E-state index contributed by atoms with van der Waals surface area (Å²) in [6, 6.07) is 0.897. The Kier molecular flexibility index (Phi) is 5.45. The maximum Gasteiger partial charge on any atom is 0.00926 e. The minimum atomic E-state index is 0.897. The molecule has 1 rings (SSSR count). The molecule has 0 bridgehead atoms. The Hall–Kier alpha value is -0.0400. The van der Waals surface area contributed by atoms with Gasteiger partial charge >= 0.3 is 0 Å². The standard InChI is InChI=1S/C12H25N/c1-3-5-6-9-12(4-2)13-10-7-8-11-13/h12H,3-11H2,1-2H3. The molecule has 0 radical (unpaired) electrons. The summed E-state index contributed by atoms with van der Waals surface area (Å²) in [5, 5.41) is 0. The van der Waals surface area contributed by atoms with Gasteiger partial charge in [-0.05, 0) is 38.8 Å². The Balaban J connectivity index is 2.16. The van der Waals surface area contributed by atoms with E-state index in [2.05, 4.69) is 18.7 Å². The molecule has 0 spiro atoms. The van der Waals surface area contributed by atoms with E-state index in [0.29, 0.717) is 0 Å². The molecule has 78 valence electrons. The van der Waals surface area contributed by atoms with E-state index in [1.807, 2.05) is 0 Å². The van der Waals surface area contributed by atoms with Gasteiger partial charge in [0.15, 0.2) is 0 Å². The highest BCUT2D eigenvalue weighted by atomic mass is 15.2.